The molecule has 47 heavy (non-hydrogen) atoms. The van der Waals surface area contributed by atoms with Crippen molar-refractivity contribution in [3.05, 3.63) is 102 Å². The van der Waals surface area contributed by atoms with Crippen molar-refractivity contribution < 1.29 is 19.0 Å². The summed E-state index contributed by atoms with van der Waals surface area (Å²) in [6, 6.07) is 13.5. The monoisotopic (exact) mass is 660 g/mol. The van der Waals surface area contributed by atoms with E-state index in [0.29, 0.717) is 23.1 Å². The van der Waals surface area contributed by atoms with Gasteiger partial charge in [0.15, 0.2) is 0 Å². The number of aromatic nitrogens is 3. The molecule has 1 aliphatic carbocycles. The van der Waals surface area contributed by atoms with Crippen molar-refractivity contribution in [3.8, 4) is 16.9 Å². The van der Waals surface area contributed by atoms with E-state index in [2.05, 4.69) is 20.6 Å². The molecular weight excluding hydrogens is 619 g/mol. The van der Waals surface area contributed by atoms with E-state index >= 15 is 0 Å². The van der Waals surface area contributed by atoms with Gasteiger partial charge < -0.3 is 29.9 Å². The number of carbonyl (C=O) groups excluding carboxylic acids is 1. The zero-order chi connectivity index (χ0) is 33.6. The van der Waals surface area contributed by atoms with Crippen LogP contribution in [0, 0.1) is 0 Å². The predicted molar refractivity (Wildman–Crippen MR) is 188 cm³/mol. The Labute approximate surface area is 280 Å². The average Bonchev–Trinajstić information content (AvgIpc) is 3.46. The predicted octanol–water partition coefficient (Wildman–Crippen LogP) is 7.07. The second kappa shape index (κ2) is 18.0. The van der Waals surface area contributed by atoms with Gasteiger partial charge in [-0.15, -0.1) is 0 Å². The van der Waals surface area contributed by atoms with Gasteiger partial charge in [0.1, 0.15) is 36.9 Å². The minimum atomic E-state index is -0.185. The highest BCUT2D eigenvalue weighted by atomic mass is 35.5. The van der Waals surface area contributed by atoms with Crippen molar-refractivity contribution in [2.24, 2.45) is 0 Å². The number of allylic oxidation sites excluding steroid dienone is 4. The van der Waals surface area contributed by atoms with Gasteiger partial charge in [0.05, 0.1) is 10.5 Å². The summed E-state index contributed by atoms with van der Waals surface area (Å²) in [7, 11) is 0. The molecule has 3 N–H and O–H groups in total. The smallest absolute Gasteiger partial charge is 0.242 e. The first-order chi connectivity index (χ1) is 22.9. The largest absolute Gasteiger partial charge is 0.487 e. The number of aliphatic hydroxyl groups is 1. The summed E-state index contributed by atoms with van der Waals surface area (Å²) in [5.74, 6) is 1.11. The molecule has 9 nitrogen and oxygen atoms in total. The van der Waals surface area contributed by atoms with Gasteiger partial charge in [0, 0.05) is 62.7 Å². The first-order valence-corrected chi connectivity index (χ1v) is 16.2. The molecule has 2 aromatic heterocycles. The molecule has 0 spiro atoms. The van der Waals surface area contributed by atoms with Crippen molar-refractivity contribution in [1.82, 2.24) is 24.8 Å². The molecule has 2 aliphatic rings. The standard InChI is InChI=1S/C32H30ClFN6O2.C2H6O.C2H6/c33-28-17-26(7-9-30(28)42-20-22-2-1-3-25(34)6-4-22)38-32-27-16-23(5-8-29(27)36-21-37-32)24-10-13-39(18-24)19-31(41)40-14-11-35-12-15-40;1-2-3;1-2/h1-5,7-10,13,16-18,21,35H,6,11-12,14-15,19-20H2,(H,36,37,38);3H,2H2,1H3;1-2H3. The molecule has 1 amide bonds. The average molecular weight is 661 g/mol. The van der Waals surface area contributed by atoms with E-state index in [1.54, 1.807) is 31.2 Å². The van der Waals surface area contributed by atoms with Gasteiger partial charge in [-0.05, 0) is 66.1 Å². The van der Waals surface area contributed by atoms with Gasteiger partial charge in [0.2, 0.25) is 5.91 Å². The Kier molecular flexibility index (Phi) is 13.5. The fourth-order valence-corrected chi connectivity index (χ4v) is 5.19. The quantitative estimate of drug-likeness (QED) is 0.186. The molecule has 3 heterocycles. The van der Waals surface area contributed by atoms with Crippen LogP contribution in [-0.2, 0) is 11.3 Å². The number of nitrogens with one attached hydrogen (secondary N) is 2. The Morgan fingerprint density at radius 2 is 1.89 bits per heavy atom. The van der Waals surface area contributed by atoms with Crippen LogP contribution in [0.1, 0.15) is 27.2 Å². The summed E-state index contributed by atoms with van der Waals surface area (Å²) < 4.78 is 21.3. The fourth-order valence-electron chi connectivity index (χ4n) is 4.96. The van der Waals surface area contributed by atoms with Crippen molar-refractivity contribution >= 4 is 39.9 Å². The molecule has 11 heteroatoms. The first-order valence-electron chi connectivity index (χ1n) is 15.8. The second-order valence-electron chi connectivity index (χ2n) is 10.5. The molecule has 248 valence electrons. The molecule has 2 aromatic carbocycles. The molecule has 4 aromatic rings. The third-order valence-corrected chi connectivity index (χ3v) is 7.54. The van der Waals surface area contributed by atoms with Crippen molar-refractivity contribution in [1.29, 1.82) is 0 Å². The van der Waals surface area contributed by atoms with Crippen LogP contribution in [0.5, 0.6) is 5.75 Å². The Hall–Kier alpha value is -4.51. The molecule has 0 radical (unpaired) electrons. The number of anilines is 2. The molecule has 1 saturated heterocycles. The number of hydrogen-bond donors (Lipinski definition) is 3. The first kappa shape index (κ1) is 35.3. The van der Waals surface area contributed by atoms with Gasteiger partial charge in [0.25, 0.3) is 0 Å². The molecule has 0 saturated carbocycles. The highest BCUT2D eigenvalue weighted by molar-refractivity contribution is 6.32. The summed E-state index contributed by atoms with van der Waals surface area (Å²) in [5, 5.41) is 15.5. The lowest BCUT2D eigenvalue weighted by Crippen LogP contribution is -2.47. The summed E-state index contributed by atoms with van der Waals surface area (Å²) in [6.07, 6.45) is 12.4. The zero-order valence-corrected chi connectivity index (χ0v) is 27.8. The van der Waals surface area contributed by atoms with Gasteiger partial charge in [-0.2, -0.15) is 0 Å². The van der Waals surface area contributed by atoms with Crippen LogP contribution in [0.2, 0.25) is 5.02 Å². The Morgan fingerprint density at radius 1 is 1.11 bits per heavy atom. The number of amides is 1. The highest BCUT2D eigenvalue weighted by Crippen LogP contribution is 2.32. The van der Waals surface area contributed by atoms with Crippen molar-refractivity contribution in [2.45, 2.75) is 33.7 Å². The van der Waals surface area contributed by atoms with Crippen LogP contribution >= 0.6 is 11.6 Å². The number of nitrogens with zero attached hydrogens (tertiary/aromatic N) is 4. The van der Waals surface area contributed by atoms with Crippen LogP contribution in [0.25, 0.3) is 22.0 Å². The maximum Gasteiger partial charge on any atom is 0.242 e. The van der Waals surface area contributed by atoms with E-state index < -0.39 is 0 Å². The number of benzene rings is 2. The van der Waals surface area contributed by atoms with E-state index in [1.807, 2.05) is 72.1 Å². The molecule has 0 bridgehead atoms. The zero-order valence-electron chi connectivity index (χ0n) is 27.0. The molecular formula is C36H42ClFN6O3. The van der Waals surface area contributed by atoms with Crippen LogP contribution in [0.4, 0.5) is 15.9 Å². The summed E-state index contributed by atoms with van der Waals surface area (Å²) in [5.41, 5.74) is 4.41. The van der Waals surface area contributed by atoms with Gasteiger partial charge in [-0.25, -0.2) is 14.4 Å². The molecule has 1 fully saturated rings. The molecule has 0 unspecified atom stereocenters. The van der Waals surface area contributed by atoms with E-state index in [4.69, 9.17) is 21.4 Å². The maximum atomic E-state index is 13.4. The number of piperazine rings is 1. The topological polar surface area (TPSA) is 105 Å². The number of ether oxygens (including phenoxy) is 1. The number of aliphatic hydroxyl groups excluding tert-OH is 1. The van der Waals surface area contributed by atoms with E-state index in [0.717, 1.165) is 59.5 Å². The number of hydrogen-bond acceptors (Lipinski definition) is 7. The van der Waals surface area contributed by atoms with Crippen molar-refractivity contribution in [2.75, 3.05) is 44.7 Å². The molecule has 6 rings (SSSR count). The van der Waals surface area contributed by atoms with Gasteiger partial charge >= 0.3 is 0 Å². The third kappa shape index (κ3) is 9.99. The number of halogens is 2. The Bertz CT molecular complexity index is 1730. The minimum Gasteiger partial charge on any atom is -0.487 e. The van der Waals surface area contributed by atoms with Crippen LogP contribution in [-0.4, -0.2) is 69.8 Å². The maximum absolute atomic E-state index is 13.4. The minimum absolute atomic E-state index is 0.123. The SMILES string of the molecule is CC.CCO.O=C(Cn1ccc(-c2ccc3ncnc(Nc4ccc(OCC5=CCC(F)=CC=C5)c(Cl)c4)c3c2)c1)N1CCNCC1. The number of rotatable bonds is 8. The highest BCUT2D eigenvalue weighted by Gasteiger charge is 2.17. The van der Waals surface area contributed by atoms with Crippen LogP contribution in [0.15, 0.2) is 96.9 Å². The summed E-state index contributed by atoms with van der Waals surface area (Å²) in [6.45, 7) is 9.68. The fraction of sp³-hybridized carbons (Fsp3) is 0.306. The lowest BCUT2D eigenvalue weighted by molar-refractivity contribution is -0.132. The lowest BCUT2D eigenvalue weighted by atomic mass is 10.1. The van der Waals surface area contributed by atoms with Crippen molar-refractivity contribution in [3.63, 3.8) is 0 Å². The van der Waals surface area contributed by atoms with E-state index in [1.165, 1.54) is 12.4 Å². The third-order valence-electron chi connectivity index (χ3n) is 7.24. The second-order valence-corrected chi connectivity index (χ2v) is 10.9. The van der Waals surface area contributed by atoms with Crippen LogP contribution in [0.3, 0.4) is 0 Å². The molecule has 1 aliphatic heterocycles. The van der Waals surface area contributed by atoms with Gasteiger partial charge in [-0.3, -0.25) is 4.79 Å². The number of carbonyl (C=O) groups is 1. The van der Waals surface area contributed by atoms with Crippen LogP contribution < -0.4 is 15.4 Å². The summed E-state index contributed by atoms with van der Waals surface area (Å²) >= 11 is 6.54. The Balaban J connectivity index is 0.000000947. The summed E-state index contributed by atoms with van der Waals surface area (Å²) in [4.78, 5) is 23.5. The normalized spacial score (nSPS) is 14.1. The Morgan fingerprint density at radius 3 is 2.66 bits per heavy atom. The van der Waals surface area contributed by atoms with E-state index in [9.17, 15) is 9.18 Å². The lowest BCUT2D eigenvalue weighted by Gasteiger charge is -2.27. The van der Waals surface area contributed by atoms with Gasteiger partial charge in [-0.1, -0.05) is 49.7 Å². The number of fused-ring (bicyclic) bond motifs is 1. The molecule has 0 atom stereocenters. The van der Waals surface area contributed by atoms with E-state index in [-0.39, 0.29) is 31.4 Å².